The van der Waals surface area contributed by atoms with Crippen LogP contribution in [0.25, 0.3) is 11.0 Å². The molecule has 1 unspecified atom stereocenters. The lowest BCUT2D eigenvalue weighted by atomic mass is 10.1. The number of amides is 1. The summed E-state index contributed by atoms with van der Waals surface area (Å²) in [7, 11) is 1.53. The summed E-state index contributed by atoms with van der Waals surface area (Å²) in [4.78, 5) is 33.2. The molecule has 1 N–H and O–H groups in total. The molecule has 5 aromatic rings. The third-order valence-corrected chi connectivity index (χ3v) is 8.94. The number of fused-ring (bicyclic) bond motifs is 1. The first-order chi connectivity index (χ1) is 23.4. The number of hydrogen-bond donors (Lipinski definition) is 1. The van der Waals surface area contributed by atoms with Crippen LogP contribution in [0.3, 0.4) is 0 Å². The van der Waals surface area contributed by atoms with E-state index in [4.69, 9.17) is 30.8 Å². The number of halogens is 2. The van der Waals surface area contributed by atoms with Crippen molar-refractivity contribution in [3.63, 3.8) is 0 Å². The minimum atomic E-state index is -0.381. The Labute approximate surface area is 282 Å². The second-order valence-electron chi connectivity index (χ2n) is 12.0. The van der Waals surface area contributed by atoms with Crippen LogP contribution >= 0.6 is 11.6 Å². The lowest BCUT2D eigenvalue weighted by Crippen LogP contribution is -2.39. The molecule has 48 heavy (non-hydrogen) atoms. The number of hydrogen-bond acceptors (Lipinski definition) is 9. The summed E-state index contributed by atoms with van der Waals surface area (Å²) in [6, 6.07) is 15.5. The Bertz CT molecular complexity index is 1910. The van der Waals surface area contributed by atoms with Gasteiger partial charge in [-0.25, -0.2) is 19.3 Å². The van der Waals surface area contributed by atoms with Crippen molar-refractivity contribution in [1.82, 2.24) is 29.4 Å². The zero-order valence-corrected chi connectivity index (χ0v) is 27.2. The molecule has 1 amide bonds. The van der Waals surface area contributed by atoms with Crippen molar-refractivity contribution >= 4 is 34.2 Å². The van der Waals surface area contributed by atoms with Crippen molar-refractivity contribution in [1.29, 1.82) is 0 Å². The summed E-state index contributed by atoms with van der Waals surface area (Å²) in [5.74, 6) is 1.74. The smallest absolute Gasteiger partial charge is 0.257 e. The summed E-state index contributed by atoms with van der Waals surface area (Å²) in [6.45, 7) is 3.85. The first-order valence-corrected chi connectivity index (χ1v) is 16.3. The molecule has 7 rings (SSSR count). The fraction of sp³-hybridized carbons (Fsp3) is 0.343. The van der Waals surface area contributed by atoms with E-state index in [1.165, 1.54) is 19.4 Å². The predicted molar refractivity (Wildman–Crippen MR) is 178 cm³/mol. The van der Waals surface area contributed by atoms with Crippen molar-refractivity contribution in [3.05, 3.63) is 101 Å². The molecular weight excluding hydrogens is 637 g/mol. The van der Waals surface area contributed by atoms with E-state index in [-0.39, 0.29) is 30.4 Å². The first-order valence-electron chi connectivity index (χ1n) is 16.0. The van der Waals surface area contributed by atoms with Crippen molar-refractivity contribution in [2.24, 2.45) is 0 Å². The number of likely N-dealkylation sites (tertiary alicyclic amines) is 1. The maximum Gasteiger partial charge on any atom is 0.257 e. The minimum Gasteiger partial charge on any atom is -0.481 e. The minimum absolute atomic E-state index is 0.00512. The first kappa shape index (κ1) is 31.9. The van der Waals surface area contributed by atoms with Gasteiger partial charge in [0, 0.05) is 61.4 Å². The molecule has 5 heterocycles. The molecule has 11 nitrogen and oxygen atoms in total. The quantitative estimate of drug-likeness (QED) is 0.189. The van der Waals surface area contributed by atoms with Gasteiger partial charge >= 0.3 is 0 Å². The van der Waals surface area contributed by atoms with E-state index < -0.39 is 0 Å². The van der Waals surface area contributed by atoms with E-state index in [0.29, 0.717) is 46.0 Å². The predicted octanol–water partition coefficient (Wildman–Crippen LogP) is 5.70. The number of piperidine rings is 1. The van der Waals surface area contributed by atoms with Gasteiger partial charge in [-0.1, -0.05) is 17.7 Å². The molecule has 2 saturated heterocycles. The van der Waals surface area contributed by atoms with Gasteiger partial charge in [-0.15, -0.1) is 0 Å². The second-order valence-corrected chi connectivity index (χ2v) is 12.4. The lowest BCUT2D eigenvalue weighted by Gasteiger charge is -2.32. The molecule has 2 aliphatic heterocycles. The summed E-state index contributed by atoms with van der Waals surface area (Å²) < 4.78 is 33.7. The second kappa shape index (κ2) is 14.2. The Morgan fingerprint density at radius 3 is 2.62 bits per heavy atom. The normalized spacial score (nSPS) is 16.9. The van der Waals surface area contributed by atoms with E-state index in [1.807, 2.05) is 18.2 Å². The van der Waals surface area contributed by atoms with Crippen LogP contribution in [0.15, 0.2) is 67.0 Å². The third-order valence-electron chi connectivity index (χ3n) is 8.70. The van der Waals surface area contributed by atoms with E-state index in [1.54, 1.807) is 36.5 Å². The van der Waals surface area contributed by atoms with Crippen LogP contribution in [-0.2, 0) is 24.2 Å². The topological polar surface area (TPSA) is 117 Å². The monoisotopic (exact) mass is 671 g/mol. The van der Waals surface area contributed by atoms with E-state index in [2.05, 4.69) is 29.7 Å². The number of ether oxygens (including phenoxy) is 3. The number of anilines is 1. The largest absolute Gasteiger partial charge is 0.481 e. The average molecular weight is 672 g/mol. The fourth-order valence-corrected chi connectivity index (χ4v) is 6.13. The van der Waals surface area contributed by atoms with Gasteiger partial charge in [0.05, 0.1) is 42.9 Å². The van der Waals surface area contributed by atoms with Gasteiger partial charge in [-0.05, 0) is 61.2 Å². The molecule has 248 valence electrons. The zero-order chi connectivity index (χ0) is 33.0. The van der Waals surface area contributed by atoms with Gasteiger partial charge < -0.3 is 24.1 Å². The van der Waals surface area contributed by atoms with Crippen LogP contribution in [0.4, 0.5) is 10.1 Å². The molecule has 13 heteroatoms. The Balaban J connectivity index is 0.993. The van der Waals surface area contributed by atoms with E-state index in [0.717, 1.165) is 62.4 Å². The molecule has 1 atom stereocenters. The highest BCUT2D eigenvalue weighted by molar-refractivity contribution is 6.30. The average Bonchev–Trinajstić information content (AvgIpc) is 3.40. The van der Waals surface area contributed by atoms with E-state index >= 15 is 0 Å². The highest BCUT2D eigenvalue weighted by Gasteiger charge is 2.26. The Morgan fingerprint density at radius 1 is 1.04 bits per heavy atom. The number of benzene rings is 2. The SMILES string of the molecule is COc1ccc(C(=O)Nc2ccc3c(c2)nc(CN2CCC(Oc4ccnc(Cc5ccc(Cl)cc5F)n4)CC2)n3CC2CCO2)cn1. The molecule has 0 aliphatic carbocycles. The van der Waals surface area contributed by atoms with Crippen molar-refractivity contribution in [2.75, 3.05) is 32.1 Å². The van der Waals surface area contributed by atoms with Crippen molar-refractivity contribution in [3.8, 4) is 11.8 Å². The Morgan fingerprint density at radius 2 is 1.90 bits per heavy atom. The van der Waals surface area contributed by atoms with Gasteiger partial charge in [0.2, 0.25) is 11.8 Å². The van der Waals surface area contributed by atoms with Crippen LogP contribution in [0, 0.1) is 5.82 Å². The molecule has 2 fully saturated rings. The molecule has 0 spiro atoms. The van der Waals surface area contributed by atoms with Crippen molar-refractivity contribution in [2.45, 2.75) is 51.0 Å². The third kappa shape index (κ3) is 7.40. The Hall–Kier alpha value is -4.65. The number of pyridine rings is 1. The van der Waals surface area contributed by atoms with Gasteiger partial charge in [-0.3, -0.25) is 9.69 Å². The summed E-state index contributed by atoms with van der Waals surface area (Å²) in [5, 5.41) is 3.31. The molecule has 2 aliphatic rings. The van der Waals surface area contributed by atoms with Crippen LogP contribution in [0.1, 0.15) is 46.8 Å². The molecule has 3 aromatic heterocycles. The standard InChI is InChI=1S/C35H35ClFN7O4/c1-46-33-7-3-23(19-39-33)35(45)40-25-5-6-30-29(18-25)41-32(44(30)20-27-11-15-47-27)21-43-13-9-26(10-14-43)48-34-8-12-38-31(42-34)16-22-2-4-24(36)17-28(22)37/h2-8,12,17-19,26-27H,9-11,13-16,20-21H2,1H3,(H,40,45). The number of rotatable bonds is 11. The number of aromatic nitrogens is 5. The van der Waals surface area contributed by atoms with E-state index in [9.17, 15) is 9.18 Å². The van der Waals surface area contributed by atoms with Crippen LogP contribution in [0.2, 0.25) is 5.02 Å². The number of carbonyl (C=O) groups is 1. The van der Waals surface area contributed by atoms with Crippen LogP contribution in [-0.4, -0.2) is 74.3 Å². The Kier molecular flexibility index (Phi) is 9.46. The molecule has 0 saturated carbocycles. The fourth-order valence-electron chi connectivity index (χ4n) is 5.98. The van der Waals surface area contributed by atoms with Crippen molar-refractivity contribution < 1.29 is 23.4 Å². The highest BCUT2D eigenvalue weighted by Crippen LogP contribution is 2.26. The van der Waals surface area contributed by atoms with Crippen LogP contribution < -0.4 is 14.8 Å². The van der Waals surface area contributed by atoms with Crippen LogP contribution in [0.5, 0.6) is 11.8 Å². The maximum atomic E-state index is 14.3. The number of nitrogens with zero attached hydrogens (tertiary/aromatic N) is 6. The molecule has 2 aromatic carbocycles. The van der Waals surface area contributed by atoms with Gasteiger partial charge in [0.1, 0.15) is 23.6 Å². The number of methoxy groups -OCH3 is 1. The number of carbonyl (C=O) groups excluding carboxylic acids is 1. The lowest BCUT2D eigenvalue weighted by molar-refractivity contribution is -0.0592. The molecule has 0 bridgehead atoms. The zero-order valence-electron chi connectivity index (χ0n) is 26.4. The maximum absolute atomic E-state index is 14.3. The van der Waals surface area contributed by atoms with Gasteiger partial charge in [-0.2, -0.15) is 4.98 Å². The number of imidazole rings is 1. The highest BCUT2D eigenvalue weighted by atomic mass is 35.5. The summed E-state index contributed by atoms with van der Waals surface area (Å²) in [6.07, 6.45) is 6.22. The molecular formula is C35H35ClFN7O4. The summed E-state index contributed by atoms with van der Waals surface area (Å²) >= 11 is 5.89. The summed E-state index contributed by atoms with van der Waals surface area (Å²) in [5.41, 5.74) is 3.38. The molecule has 0 radical (unpaired) electrons. The van der Waals surface area contributed by atoms with Gasteiger partial charge in [0.25, 0.3) is 5.91 Å². The van der Waals surface area contributed by atoms with Gasteiger partial charge in [0.15, 0.2) is 0 Å². The number of nitrogens with one attached hydrogen (secondary N) is 1.